The van der Waals surface area contributed by atoms with Crippen molar-refractivity contribution in [1.29, 1.82) is 0 Å². The summed E-state index contributed by atoms with van der Waals surface area (Å²) in [5.74, 6) is 0.505. The molecule has 78 valence electrons. The molecule has 1 aromatic heterocycles. The Balaban J connectivity index is 2.95. The number of Topliss-reactive ketones (excluding diaryl/α,β-unsaturated/α-hetero) is 1. The highest BCUT2D eigenvalue weighted by Gasteiger charge is 2.23. The van der Waals surface area contributed by atoms with Crippen LogP contribution in [0.2, 0.25) is 0 Å². The van der Waals surface area contributed by atoms with Crippen LogP contribution in [-0.4, -0.2) is 17.0 Å². The Morgan fingerprint density at radius 1 is 1.57 bits per heavy atom. The molecule has 0 saturated carbocycles. The molecule has 0 saturated heterocycles. The Morgan fingerprint density at radius 2 is 2.14 bits per heavy atom. The molecule has 0 aliphatic rings. The summed E-state index contributed by atoms with van der Waals surface area (Å²) in [6.07, 6.45) is 0. The number of hydrogen-bond donors (Lipinski definition) is 1. The van der Waals surface area contributed by atoms with Gasteiger partial charge in [-0.2, -0.15) is 0 Å². The number of carbonyl (C=O) groups excluding carboxylic acids is 1. The van der Waals surface area contributed by atoms with Crippen LogP contribution < -0.4 is 5.73 Å². The number of hydrogen-bond acceptors (Lipinski definition) is 4. The van der Waals surface area contributed by atoms with Crippen molar-refractivity contribution in [3.05, 3.63) is 17.5 Å². The second-order valence-electron chi connectivity index (χ2n) is 4.48. The van der Waals surface area contributed by atoms with E-state index in [0.717, 1.165) is 0 Å². The molecule has 1 atom stereocenters. The van der Waals surface area contributed by atoms with E-state index >= 15 is 0 Å². The molecule has 4 nitrogen and oxygen atoms in total. The van der Waals surface area contributed by atoms with Crippen molar-refractivity contribution in [3.8, 4) is 0 Å². The third-order valence-corrected chi connectivity index (χ3v) is 1.92. The highest BCUT2D eigenvalue weighted by Crippen LogP contribution is 2.22. The smallest absolute Gasteiger partial charge is 0.201 e. The molecule has 0 fully saturated rings. The van der Waals surface area contributed by atoms with Crippen LogP contribution in [0, 0.1) is 0 Å². The fraction of sp³-hybridized carbons (Fsp3) is 0.600. The van der Waals surface area contributed by atoms with E-state index in [4.69, 9.17) is 10.3 Å². The summed E-state index contributed by atoms with van der Waals surface area (Å²) in [6.45, 7) is 7.61. The molecule has 0 aliphatic heterocycles. The predicted molar refractivity (Wildman–Crippen MR) is 53.2 cm³/mol. The lowest BCUT2D eigenvalue weighted by Crippen LogP contribution is -2.26. The largest absolute Gasteiger partial charge is 0.360 e. The molecule has 0 bridgehead atoms. The first-order valence-corrected chi connectivity index (χ1v) is 4.59. The Labute approximate surface area is 83.5 Å². The topological polar surface area (TPSA) is 69.1 Å². The van der Waals surface area contributed by atoms with Gasteiger partial charge in [0.25, 0.3) is 0 Å². The van der Waals surface area contributed by atoms with Gasteiger partial charge in [0.05, 0.1) is 6.04 Å². The zero-order valence-corrected chi connectivity index (χ0v) is 9.00. The molecule has 1 rings (SSSR count). The molecule has 0 amide bonds. The third kappa shape index (κ3) is 2.20. The van der Waals surface area contributed by atoms with Crippen LogP contribution in [0.25, 0.3) is 0 Å². The van der Waals surface area contributed by atoms with Crippen LogP contribution in [0.3, 0.4) is 0 Å². The SMILES string of the molecule is CC(N)C(=O)c1cc(C(C)(C)C)on1. The van der Waals surface area contributed by atoms with Crippen LogP contribution in [0.5, 0.6) is 0 Å². The van der Waals surface area contributed by atoms with Crippen molar-refractivity contribution < 1.29 is 9.32 Å². The van der Waals surface area contributed by atoms with E-state index in [9.17, 15) is 4.79 Å². The highest BCUT2D eigenvalue weighted by atomic mass is 16.5. The molecule has 1 unspecified atom stereocenters. The molecular weight excluding hydrogens is 180 g/mol. The monoisotopic (exact) mass is 196 g/mol. The van der Waals surface area contributed by atoms with Crippen molar-refractivity contribution in [2.75, 3.05) is 0 Å². The number of carbonyl (C=O) groups is 1. The summed E-state index contributed by atoms with van der Waals surface area (Å²) in [5, 5.41) is 3.70. The molecule has 1 heterocycles. The minimum absolute atomic E-state index is 0.136. The van der Waals surface area contributed by atoms with Gasteiger partial charge in [-0.1, -0.05) is 25.9 Å². The average Bonchev–Trinajstić information content (AvgIpc) is 2.49. The number of nitrogens with two attached hydrogens (primary N) is 1. The fourth-order valence-electron chi connectivity index (χ4n) is 0.978. The first-order valence-electron chi connectivity index (χ1n) is 4.59. The first kappa shape index (κ1) is 10.9. The van der Waals surface area contributed by atoms with Crippen molar-refractivity contribution in [2.24, 2.45) is 5.73 Å². The molecule has 0 aliphatic carbocycles. The summed E-state index contributed by atoms with van der Waals surface area (Å²) in [5.41, 5.74) is 5.63. The van der Waals surface area contributed by atoms with E-state index < -0.39 is 6.04 Å². The predicted octanol–water partition coefficient (Wildman–Crippen LogP) is 1.50. The van der Waals surface area contributed by atoms with Crippen LogP contribution in [0.1, 0.15) is 43.9 Å². The molecule has 4 heteroatoms. The summed E-state index contributed by atoms with van der Waals surface area (Å²) < 4.78 is 5.07. The normalized spacial score (nSPS) is 14.1. The van der Waals surface area contributed by atoms with Crippen LogP contribution >= 0.6 is 0 Å². The Kier molecular flexibility index (Phi) is 2.76. The second kappa shape index (κ2) is 3.53. The number of ketones is 1. The van der Waals surface area contributed by atoms with Gasteiger partial charge in [0.15, 0.2) is 5.69 Å². The van der Waals surface area contributed by atoms with Gasteiger partial charge in [0, 0.05) is 11.5 Å². The Hall–Kier alpha value is -1.16. The van der Waals surface area contributed by atoms with E-state index in [-0.39, 0.29) is 11.2 Å². The summed E-state index contributed by atoms with van der Waals surface area (Å²) >= 11 is 0. The van der Waals surface area contributed by atoms with E-state index in [0.29, 0.717) is 11.5 Å². The maximum Gasteiger partial charge on any atom is 0.201 e. The molecular formula is C10H16N2O2. The third-order valence-electron chi connectivity index (χ3n) is 1.92. The van der Waals surface area contributed by atoms with Gasteiger partial charge in [-0.05, 0) is 6.92 Å². The second-order valence-corrected chi connectivity index (χ2v) is 4.48. The summed E-state index contributed by atoms with van der Waals surface area (Å²) in [4.78, 5) is 11.4. The minimum Gasteiger partial charge on any atom is -0.360 e. The lowest BCUT2D eigenvalue weighted by Gasteiger charge is -2.12. The molecule has 2 N–H and O–H groups in total. The highest BCUT2D eigenvalue weighted by molar-refractivity contribution is 5.97. The Bertz CT molecular complexity index is 334. The average molecular weight is 196 g/mol. The van der Waals surface area contributed by atoms with E-state index in [1.54, 1.807) is 13.0 Å². The van der Waals surface area contributed by atoms with E-state index in [1.807, 2.05) is 20.8 Å². The maximum atomic E-state index is 11.4. The molecule has 0 radical (unpaired) electrons. The van der Waals surface area contributed by atoms with Gasteiger partial charge in [-0.25, -0.2) is 0 Å². The maximum absolute atomic E-state index is 11.4. The van der Waals surface area contributed by atoms with Crippen molar-refractivity contribution >= 4 is 5.78 Å². The Morgan fingerprint density at radius 3 is 2.50 bits per heavy atom. The fourth-order valence-corrected chi connectivity index (χ4v) is 0.978. The first-order chi connectivity index (χ1) is 6.32. The molecule has 0 spiro atoms. The zero-order valence-electron chi connectivity index (χ0n) is 9.00. The van der Waals surface area contributed by atoms with Crippen LogP contribution in [0.15, 0.2) is 10.6 Å². The lowest BCUT2D eigenvalue weighted by molar-refractivity contribution is 0.0958. The quantitative estimate of drug-likeness (QED) is 0.728. The van der Waals surface area contributed by atoms with Gasteiger partial charge in [0.2, 0.25) is 5.78 Å². The van der Waals surface area contributed by atoms with Crippen LogP contribution in [0.4, 0.5) is 0 Å². The van der Waals surface area contributed by atoms with Crippen molar-refractivity contribution in [1.82, 2.24) is 5.16 Å². The lowest BCUT2D eigenvalue weighted by atomic mass is 9.93. The van der Waals surface area contributed by atoms with Crippen LogP contribution in [-0.2, 0) is 5.41 Å². The zero-order chi connectivity index (χ0) is 10.9. The van der Waals surface area contributed by atoms with Gasteiger partial charge in [0.1, 0.15) is 5.76 Å². The molecule has 0 aromatic carbocycles. The van der Waals surface area contributed by atoms with Gasteiger partial charge in [-0.3, -0.25) is 4.79 Å². The summed E-state index contributed by atoms with van der Waals surface area (Å²) in [7, 11) is 0. The van der Waals surface area contributed by atoms with Gasteiger partial charge >= 0.3 is 0 Å². The molecule has 1 aromatic rings. The number of rotatable bonds is 2. The van der Waals surface area contributed by atoms with Gasteiger partial charge in [-0.15, -0.1) is 0 Å². The standard InChI is InChI=1S/C10H16N2O2/c1-6(11)9(13)7-5-8(14-12-7)10(2,3)4/h5-6H,11H2,1-4H3. The number of nitrogens with zero attached hydrogens (tertiary/aromatic N) is 1. The number of aromatic nitrogens is 1. The van der Waals surface area contributed by atoms with Crippen molar-refractivity contribution in [2.45, 2.75) is 39.2 Å². The van der Waals surface area contributed by atoms with E-state index in [2.05, 4.69) is 5.16 Å². The van der Waals surface area contributed by atoms with Crippen molar-refractivity contribution in [3.63, 3.8) is 0 Å². The van der Waals surface area contributed by atoms with E-state index in [1.165, 1.54) is 0 Å². The minimum atomic E-state index is -0.534. The summed E-state index contributed by atoms with van der Waals surface area (Å²) in [6, 6.07) is 1.12. The van der Waals surface area contributed by atoms with Gasteiger partial charge < -0.3 is 10.3 Å². The molecule has 14 heavy (non-hydrogen) atoms.